The fourth-order valence-corrected chi connectivity index (χ4v) is 5.08. The van der Waals surface area contributed by atoms with Gasteiger partial charge >= 0.3 is 5.97 Å². The molecule has 1 aromatic rings. The maximum absolute atomic E-state index is 12.5. The smallest absolute Gasteiger partial charge is 0.341 e. The molecule has 3 rings (SSSR count). The minimum Gasteiger partial charge on any atom is -0.462 e. The molecule has 2 heterocycles. The van der Waals surface area contributed by atoms with E-state index in [9.17, 15) is 14.4 Å². The van der Waals surface area contributed by atoms with Crippen molar-refractivity contribution >= 4 is 34.1 Å². The van der Waals surface area contributed by atoms with Gasteiger partial charge in [0.1, 0.15) is 5.00 Å². The van der Waals surface area contributed by atoms with Crippen molar-refractivity contribution in [1.82, 2.24) is 10.2 Å². The first-order chi connectivity index (χ1) is 12.5. The van der Waals surface area contributed by atoms with Gasteiger partial charge in [0.05, 0.1) is 23.6 Å². The molecule has 2 atom stereocenters. The van der Waals surface area contributed by atoms with E-state index < -0.39 is 5.97 Å². The standard InChI is InChI=1S/C18H25N3O4S/c1-4-25-18(24)14-10(2)15(16(23)19-3)26-17(14)20-13(22)9-21-8-11-6-5-7-12(11)21/h11-12H,4-9H2,1-3H3,(H,19,23)(H,20,22)/t11-,12-/m0/s1. The van der Waals surface area contributed by atoms with Gasteiger partial charge < -0.3 is 15.4 Å². The summed E-state index contributed by atoms with van der Waals surface area (Å²) in [5, 5.41) is 5.77. The number of amides is 2. The lowest BCUT2D eigenvalue weighted by Gasteiger charge is -2.44. The minimum absolute atomic E-state index is 0.161. The van der Waals surface area contributed by atoms with Gasteiger partial charge in [0, 0.05) is 19.6 Å². The summed E-state index contributed by atoms with van der Waals surface area (Å²) in [5.41, 5.74) is 0.800. The molecule has 1 aliphatic carbocycles. The van der Waals surface area contributed by atoms with Crippen LogP contribution in [-0.4, -0.2) is 55.5 Å². The Balaban J connectivity index is 1.75. The summed E-state index contributed by atoms with van der Waals surface area (Å²) < 4.78 is 5.10. The number of rotatable bonds is 6. The van der Waals surface area contributed by atoms with E-state index in [4.69, 9.17) is 4.74 Å². The quantitative estimate of drug-likeness (QED) is 0.739. The Bertz CT molecular complexity index is 730. The van der Waals surface area contributed by atoms with Crippen LogP contribution in [-0.2, 0) is 9.53 Å². The molecule has 1 saturated carbocycles. The van der Waals surface area contributed by atoms with Crippen molar-refractivity contribution in [2.75, 3.05) is 32.1 Å². The van der Waals surface area contributed by atoms with Crippen LogP contribution in [0.25, 0.3) is 0 Å². The van der Waals surface area contributed by atoms with E-state index in [1.54, 1.807) is 13.8 Å². The maximum atomic E-state index is 12.5. The van der Waals surface area contributed by atoms with Crippen molar-refractivity contribution in [3.05, 3.63) is 16.0 Å². The van der Waals surface area contributed by atoms with E-state index >= 15 is 0 Å². The number of carbonyl (C=O) groups is 3. The van der Waals surface area contributed by atoms with Gasteiger partial charge in [-0.15, -0.1) is 11.3 Å². The van der Waals surface area contributed by atoms with Crippen molar-refractivity contribution < 1.29 is 19.1 Å². The second kappa shape index (κ2) is 7.75. The van der Waals surface area contributed by atoms with E-state index in [-0.39, 0.29) is 24.0 Å². The SMILES string of the molecule is CCOC(=O)c1c(NC(=O)CN2C[C@@H]3CCC[C@@H]32)sc(C(=O)NC)c1C. The Morgan fingerprint density at radius 2 is 2.08 bits per heavy atom. The number of fused-ring (bicyclic) bond motifs is 1. The highest BCUT2D eigenvalue weighted by Crippen LogP contribution is 2.39. The first-order valence-corrected chi connectivity index (χ1v) is 9.84. The molecule has 1 saturated heterocycles. The number of likely N-dealkylation sites (tertiary alicyclic amines) is 1. The zero-order valence-electron chi connectivity index (χ0n) is 15.4. The molecule has 2 aliphatic rings. The van der Waals surface area contributed by atoms with Gasteiger partial charge in [-0.1, -0.05) is 6.42 Å². The fourth-order valence-electron chi connectivity index (χ4n) is 3.92. The summed E-state index contributed by atoms with van der Waals surface area (Å²) in [6, 6.07) is 0.525. The van der Waals surface area contributed by atoms with Crippen molar-refractivity contribution in [3.63, 3.8) is 0 Å². The summed E-state index contributed by atoms with van der Waals surface area (Å²) in [7, 11) is 1.53. The van der Waals surface area contributed by atoms with Gasteiger partial charge in [0.25, 0.3) is 5.91 Å². The van der Waals surface area contributed by atoms with E-state index in [1.807, 2.05) is 0 Å². The zero-order chi connectivity index (χ0) is 18.8. The largest absolute Gasteiger partial charge is 0.462 e. The lowest BCUT2D eigenvalue weighted by Crippen LogP contribution is -2.55. The van der Waals surface area contributed by atoms with Crippen LogP contribution in [0.1, 0.15) is 51.8 Å². The second-order valence-electron chi connectivity index (χ2n) is 6.80. The van der Waals surface area contributed by atoms with Crippen molar-refractivity contribution in [2.45, 2.75) is 39.2 Å². The molecular weight excluding hydrogens is 354 g/mol. The van der Waals surface area contributed by atoms with Crippen LogP contribution in [0.5, 0.6) is 0 Å². The lowest BCUT2D eigenvalue weighted by molar-refractivity contribution is -0.120. The van der Waals surface area contributed by atoms with Crippen molar-refractivity contribution in [2.24, 2.45) is 5.92 Å². The number of carbonyl (C=O) groups excluding carboxylic acids is 3. The molecule has 2 amide bonds. The molecule has 2 N–H and O–H groups in total. The molecule has 0 unspecified atom stereocenters. The molecule has 142 valence electrons. The van der Waals surface area contributed by atoms with Gasteiger partial charge in [0.2, 0.25) is 5.91 Å². The van der Waals surface area contributed by atoms with E-state index in [1.165, 1.54) is 19.9 Å². The lowest BCUT2D eigenvalue weighted by atomic mass is 9.92. The highest BCUT2D eigenvalue weighted by Gasteiger charge is 2.42. The molecule has 0 aromatic carbocycles. The van der Waals surface area contributed by atoms with Crippen molar-refractivity contribution in [3.8, 4) is 0 Å². The van der Waals surface area contributed by atoms with Gasteiger partial charge in [-0.25, -0.2) is 4.79 Å². The predicted molar refractivity (Wildman–Crippen MR) is 99.7 cm³/mol. The Kier molecular flexibility index (Phi) is 5.62. The van der Waals surface area contributed by atoms with Crippen LogP contribution in [0.4, 0.5) is 5.00 Å². The van der Waals surface area contributed by atoms with Crippen LogP contribution < -0.4 is 10.6 Å². The van der Waals surface area contributed by atoms with Crippen LogP contribution in [0.2, 0.25) is 0 Å². The Labute approximate surface area is 157 Å². The van der Waals surface area contributed by atoms with Crippen LogP contribution in [0.3, 0.4) is 0 Å². The number of ether oxygens (including phenoxy) is 1. The van der Waals surface area contributed by atoms with Gasteiger partial charge in [0.15, 0.2) is 0 Å². The highest BCUT2D eigenvalue weighted by molar-refractivity contribution is 7.18. The monoisotopic (exact) mass is 379 g/mol. The van der Waals surface area contributed by atoms with E-state index in [2.05, 4.69) is 15.5 Å². The van der Waals surface area contributed by atoms with E-state index in [0.29, 0.717) is 28.0 Å². The number of esters is 1. The average Bonchev–Trinajstić information content (AvgIpc) is 3.12. The Morgan fingerprint density at radius 3 is 2.73 bits per heavy atom. The minimum atomic E-state index is -0.522. The first-order valence-electron chi connectivity index (χ1n) is 9.02. The molecule has 1 aromatic heterocycles. The average molecular weight is 379 g/mol. The van der Waals surface area contributed by atoms with Crippen LogP contribution >= 0.6 is 11.3 Å². The molecular formula is C18H25N3O4S. The van der Waals surface area contributed by atoms with Gasteiger partial charge in [-0.05, 0) is 38.2 Å². The van der Waals surface area contributed by atoms with Crippen molar-refractivity contribution in [1.29, 1.82) is 0 Å². The summed E-state index contributed by atoms with van der Waals surface area (Å²) >= 11 is 1.11. The molecule has 0 spiro atoms. The van der Waals surface area contributed by atoms with Gasteiger partial charge in [-0.3, -0.25) is 14.5 Å². The van der Waals surface area contributed by atoms with E-state index in [0.717, 1.165) is 30.2 Å². The third kappa shape index (κ3) is 3.48. The second-order valence-corrected chi connectivity index (χ2v) is 7.82. The first kappa shape index (κ1) is 18.8. The predicted octanol–water partition coefficient (Wildman–Crippen LogP) is 2.02. The molecule has 7 nitrogen and oxygen atoms in total. The maximum Gasteiger partial charge on any atom is 0.341 e. The molecule has 0 radical (unpaired) electrons. The molecule has 0 bridgehead atoms. The number of hydrogen-bond donors (Lipinski definition) is 2. The summed E-state index contributed by atoms with van der Waals surface area (Å²) in [4.78, 5) is 39.5. The highest BCUT2D eigenvalue weighted by atomic mass is 32.1. The fraction of sp³-hybridized carbons (Fsp3) is 0.611. The number of anilines is 1. The topological polar surface area (TPSA) is 87.7 Å². The summed E-state index contributed by atoms with van der Waals surface area (Å²) in [6.07, 6.45) is 3.65. The molecule has 8 heteroatoms. The van der Waals surface area contributed by atoms with Gasteiger partial charge in [-0.2, -0.15) is 0 Å². The number of hydrogen-bond acceptors (Lipinski definition) is 6. The number of nitrogens with zero attached hydrogens (tertiary/aromatic N) is 1. The number of nitrogens with one attached hydrogen (secondary N) is 2. The number of thiophene rings is 1. The zero-order valence-corrected chi connectivity index (χ0v) is 16.2. The molecule has 1 aliphatic heterocycles. The van der Waals surface area contributed by atoms with Crippen LogP contribution in [0, 0.1) is 12.8 Å². The van der Waals surface area contributed by atoms with Crippen LogP contribution in [0.15, 0.2) is 0 Å². The summed E-state index contributed by atoms with van der Waals surface area (Å²) in [6.45, 7) is 4.93. The molecule has 26 heavy (non-hydrogen) atoms. The summed E-state index contributed by atoms with van der Waals surface area (Å²) in [5.74, 6) is -0.228. The molecule has 2 fully saturated rings. The normalized spacial score (nSPS) is 21.7. The third-order valence-corrected chi connectivity index (χ3v) is 6.42. The Morgan fingerprint density at radius 1 is 1.31 bits per heavy atom. The Hall–Kier alpha value is -1.93. The third-order valence-electron chi connectivity index (χ3n) is 5.22.